The van der Waals surface area contributed by atoms with Gasteiger partial charge in [0.15, 0.2) is 11.5 Å². The molecular weight excluding hydrogens is 354 g/mol. The number of nitrogens with zero attached hydrogens (tertiary/aromatic N) is 5. The Labute approximate surface area is 154 Å². The summed E-state index contributed by atoms with van der Waals surface area (Å²) in [5, 5.41) is 2.99. The lowest BCUT2D eigenvalue weighted by Gasteiger charge is -2.28. The van der Waals surface area contributed by atoms with Crippen molar-refractivity contribution in [1.82, 2.24) is 24.5 Å². The molecule has 4 rings (SSSR count). The minimum atomic E-state index is -0.0219. The monoisotopic (exact) mass is 371 g/mol. The Bertz CT molecular complexity index is 935. The number of carbonyl (C=O) groups is 1. The number of hydrogen-bond donors (Lipinski definition) is 2. The largest absolute Gasteiger partial charge is 0.382 e. The molecule has 0 aromatic carbocycles. The quantitative estimate of drug-likeness (QED) is 0.684. The van der Waals surface area contributed by atoms with Crippen LogP contribution in [0.4, 0.5) is 11.6 Å². The molecule has 3 heterocycles. The van der Waals surface area contributed by atoms with Gasteiger partial charge in [-0.3, -0.25) is 4.79 Å². The van der Waals surface area contributed by atoms with Crippen molar-refractivity contribution >= 4 is 40.3 Å². The maximum Gasteiger partial charge on any atom is 0.228 e. The molecule has 0 unspecified atom stereocenters. The van der Waals surface area contributed by atoms with Crippen LogP contribution in [-0.2, 0) is 4.79 Å². The average molecular weight is 372 g/mol. The van der Waals surface area contributed by atoms with E-state index >= 15 is 0 Å². The highest BCUT2D eigenvalue weighted by Crippen LogP contribution is 2.34. The van der Waals surface area contributed by atoms with Crippen LogP contribution in [0.1, 0.15) is 31.7 Å². The van der Waals surface area contributed by atoms with Crippen LogP contribution in [0.5, 0.6) is 0 Å². The van der Waals surface area contributed by atoms with E-state index in [4.69, 9.17) is 17.3 Å². The lowest BCUT2D eigenvalue weighted by molar-refractivity contribution is -0.121. The minimum Gasteiger partial charge on any atom is -0.382 e. The number of hydrogen-bond acceptors (Lipinski definition) is 6. The number of nitrogens with one attached hydrogen (secondary N) is 1. The van der Waals surface area contributed by atoms with Gasteiger partial charge in [0.25, 0.3) is 0 Å². The predicted molar refractivity (Wildman–Crippen MR) is 98.6 cm³/mol. The molecule has 1 saturated carbocycles. The molecule has 3 aromatic rings. The first-order valence-electron chi connectivity index (χ1n) is 8.49. The molecular formula is C17H18ClN7O. The van der Waals surface area contributed by atoms with Crippen LogP contribution < -0.4 is 11.1 Å². The van der Waals surface area contributed by atoms with Crippen LogP contribution in [0.2, 0.25) is 5.28 Å². The van der Waals surface area contributed by atoms with Gasteiger partial charge in [0.1, 0.15) is 11.3 Å². The predicted octanol–water partition coefficient (Wildman–Crippen LogP) is 2.83. The molecule has 0 saturated heterocycles. The van der Waals surface area contributed by atoms with Gasteiger partial charge >= 0.3 is 0 Å². The minimum absolute atomic E-state index is 0.0206. The first-order valence-corrected chi connectivity index (χ1v) is 8.87. The molecule has 134 valence electrons. The molecule has 0 spiro atoms. The summed E-state index contributed by atoms with van der Waals surface area (Å²) in [5.41, 5.74) is 7.07. The molecule has 1 aliphatic rings. The number of nitrogens with two attached hydrogens (primary N) is 1. The van der Waals surface area contributed by atoms with Crippen molar-refractivity contribution in [1.29, 1.82) is 0 Å². The number of amides is 1. The number of imidazole rings is 1. The summed E-state index contributed by atoms with van der Waals surface area (Å²) in [5.74, 6) is 0.864. The summed E-state index contributed by atoms with van der Waals surface area (Å²) in [4.78, 5) is 29.1. The third kappa shape index (κ3) is 3.20. The average Bonchev–Trinajstić information content (AvgIpc) is 3.07. The van der Waals surface area contributed by atoms with Crippen LogP contribution in [0.15, 0.2) is 30.7 Å². The second-order valence-corrected chi connectivity index (χ2v) is 6.75. The van der Waals surface area contributed by atoms with Gasteiger partial charge < -0.3 is 15.6 Å². The maximum absolute atomic E-state index is 12.4. The van der Waals surface area contributed by atoms with E-state index in [1.165, 1.54) is 0 Å². The van der Waals surface area contributed by atoms with Crippen molar-refractivity contribution in [3.05, 3.63) is 36.0 Å². The molecule has 0 aliphatic heterocycles. The normalized spacial score (nSPS) is 20.2. The Morgan fingerprint density at radius 2 is 2.00 bits per heavy atom. The number of anilines is 2. The Morgan fingerprint density at radius 1 is 1.19 bits per heavy atom. The van der Waals surface area contributed by atoms with Gasteiger partial charge in [0.2, 0.25) is 11.2 Å². The molecule has 1 amide bonds. The van der Waals surface area contributed by atoms with E-state index < -0.39 is 0 Å². The van der Waals surface area contributed by atoms with Crippen LogP contribution in [0, 0.1) is 5.92 Å². The highest BCUT2D eigenvalue weighted by molar-refractivity contribution is 6.28. The second-order valence-electron chi connectivity index (χ2n) is 6.41. The van der Waals surface area contributed by atoms with Gasteiger partial charge in [-0.05, 0) is 49.4 Å². The van der Waals surface area contributed by atoms with Gasteiger partial charge in [0, 0.05) is 18.2 Å². The van der Waals surface area contributed by atoms with E-state index in [1.807, 2.05) is 16.7 Å². The number of carbonyl (C=O) groups excluding carboxylic acids is 1. The molecule has 1 aliphatic carbocycles. The van der Waals surface area contributed by atoms with E-state index in [0.717, 1.165) is 25.7 Å². The fourth-order valence-corrected chi connectivity index (χ4v) is 3.63. The molecule has 0 atom stereocenters. The van der Waals surface area contributed by atoms with Crippen molar-refractivity contribution in [2.45, 2.75) is 31.7 Å². The molecule has 3 aromatic heterocycles. The van der Waals surface area contributed by atoms with Gasteiger partial charge in [-0.1, -0.05) is 6.07 Å². The SMILES string of the molecule is Nc1nc(Cl)nc2c1ncn2[C@H]1CC[C@@H](C(=O)Nc2ccccn2)CC1. The van der Waals surface area contributed by atoms with E-state index in [-0.39, 0.29) is 29.0 Å². The third-order valence-corrected chi connectivity index (χ3v) is 4.97. The van der Waals surface area contributed by atoms with Gasteiger partial charge in [-0.25, -0.2) is 9.97 Å². The molecule has 26 heavy (non-hydrogen) atoms. The van der Waals surface area contributed by atoms with Crippen molar-refractivity contribution in [3.8, 4) is 0 Å². The fraction of sp³-hybridized carbons (Fsp3) is 0.353. The zero-order valence-electron chi connectivity index (χ0n) is 14.0. The molecule has 0 bridgehead atoms. The molecule has 1 fully saturated rings. The summed E-state index contributed by atoms with van der Waals surface area (Å²) >= 11 is 5.93. The zero-order valence-corrected chi connectivity index (χ0v) is 14.7. The second kappa shape index (κ2) is 6.87. The van der Waals surface area contributed by atoms with Crippen LogP contribution in [0.3, 0.4) is 0 Å². The number of rotatable bonds is 3. The zero-order chi connectivity index (χ0) is 18.1. The van der Waals surface area contributed by atoms with Crippen LogP contribution >= 0.6 is 11.6 Å². The number of halogens is 1. The molecule has 9 heteroatoms. The summed E-state index contributed by atoms with van der Waals surface area (Å²) in [6.45, 7) is 0. The van der Waals surface area contributed by atoms with Crippen LogP contribution in [0.25, 0.3) is 11.2 Å². The number of aromatic nitrogens is 5. The highest BCUT2D eigenvalue weighted by atomic mass is 35.5. The number of nitrogen functional groups attached to an aromatic ring is 1. The molecule has 3 N–H and O–H groups in total. The van der Waals surface area contributed by atoms with Gasteiger partial charge in [-0.2, -0.15) is 9.97 Å². The van der Waals surface area contributed by atoms with E-state index in [1.54, 1.807) is 18.6 Å². The van der Waals surface area contributed by atoms with Crippen LogP contribution in [-0.4, -0.2) is 30.4 Å². The Hall–Kier alpha value is -2.74. The molecule has 8 nitrogen and oxygen atoms in total. The van der Waals surface area contributed by atoms with Crippen molar-refractivity contribution in [3.63, 3.8) is 0 Å². The summed E-state index contributed by atoms with van der Waals surface area (Å²) in [6, 6.07) is 5.67. The van der Waals surface area contributed by atoms with Gasteiger partial charge in [0.05, 0.1) is 6.33 Å². The van der Waals surface area contributed by atoms with E-state index in [9.17, 15) is 4.79 Å². The summed E-state index contributed by atoms with van der Waals surface area (Å²) in [6.07, 6.45) is 6.68. The van der Waals surface area contributed by atoms with Crippen molar-refractivity contribution in [2.75, 3.05) is 11.1 Å². The number of pyridine rings is 1. The van der Waals surface area contributed by atoms with Gasteiger partial charge in [-0.15, -0.1) is 0 Å². The number of fused-ring (bicyclic) bond motifs is 1. The first kappa shape index (κ1) is 16.7. The third-order valence-electron chi connectivity index (χ3n) is 4.80. The Balaban J connectivity index is 1.45. The van der Waals surface area contributed by atoms with E-state index in [2.05, 4.69) is 25.3 Å². The smallest absolute Gasteiger partial charge is 0.228 e. The maximum atomic E-state index is 12.4. The summed E-state index contributed by atoms with van der Waals surface area (Å²) in [7, 11) is 0. The first-order chi connectivity index (χ1) is 12.6. The Kier molecular flexibility index (Phi) is 4.42. The fourth-order valence-electron chi connectivity index (χ4n) is 3.46. The van der Waals surface area contributed by atoms with Crippen molar-refractivity contribution in [2.24, 2.45) is 5.92 Å². The van der Waals surface area contributed by atoms with Crippen molar-refractivity contribution < 1.29 is 4.79 Å². The van der Waals surface area contributed by atoms with E-state index in [0.29, 0.717) is 17.0 Å². The lowest BCUT2D eigenvalue weighted by Crippen LogP contribution is -2.28. The topological polar surface area (TPSA) is 112 Å². The standard InChI is InChI=1S/C17H18ClN7O/c18-17-23-14(19)13-15(24-17)25(9-21-13)11-6-4-10(5-7-11)16(26)22-12-3-1-2-8-20-12/h1-3,8-11H,4-7H2,(H2,19,23,24)(H,20,22,26)/t10-,11+. The highest BCUT2D eigenvalue weighted by Gasteiger charge is 2.28. The molecule has 0 radical (unpaired) electrons. The summed E-state index contributed by atoms with van der Waals surface area (Å²) < 4.78 is 1.99. The Morgan fingerprint density at radius 3 is 2.73 bits per heavy atom. The lowest BCUT2D eigenvalue weighted by atomic mass is 9.85.